The van der Waals surface area contributed by atoms with Gasteiger partial charge in [-0.3, -0.25) is 9.69 Å². The number of benzene rings is 2. The van der Waals surface area contributed by atoms with Gasteiger partial charge in [0.15, 0.2) is 0 Å². The molecule has 2 saturated heterocycles. The minimum absolute atomic E-state index is 0.0171. The first kappa shape index (κ1) is 29.8. The van der Waals surface area contributed by atoms with E-state index >= 15 is 4.39 Å². The van der Waals surface area contributed by atoms with Crippen molar-refractivity contribution in [2.75, 3.05) is 56.5 Å². The Kier molecular flexibility index (Phi) is 8.70. The molecule has 0 spiro atoms. The standard InChI is InChI=1S/C31H34F5N5O/c1-20-15-26(31(34,35)36)25(18-37-20)30(42)38-28-17-22(4-6-29(28)41-13-11-39(2)12-14-41)24-16-21(3-5-27(24)33)19-40-9-7-23(32)8-10-40/h3-6,15-18,23,37H,1,7-14,19H2,2H3,(H,38,42). The fraction of sp³-hybridized carbons (Fsp3) is 0.387. The van der Waals surface area contributed by atoms with Crippen LogP contribution in [0.3, 0.4) is 0 Å². The number of amides is 1. The van der Waals surface area contributed by atoms with Crippen LogP contribution in [0.4, 0.5) is 33.3 Å². The molecule has 11 heteroatoms. The highest BCUT2D eigenvalue weighted by Gasteiger charge is 2.40. The van der Waals surface area contributed by atoms with Crippen molar-refractivity contribution in [3.05, 3.63) is 83.5 Å². The summed E-state index contributed by atoms with van der Waals surface area (Å²) >= 11 is 0. The SMILES string of the molecule is C=C1C=C(C(F)(F)F)C(C(=O)Nc2cc(-c3cc(CN4CCC(F)CC4)ccc3F)ccc2N2CCN(C)CC2)=CN1. The molecule has 0 aromatic heterocycles. The predicted octanol–water partition coefficient (Wildman–Crippen LogP) is 5.61. The minimum Gasteiger partial charge on any atom is -0.367 e. The van der Waals surface area contributed by atoms with Gasteiger partial charge in [-0.1, -0.05) is 18.7 Å². The van der Waals surface area contributed by atoms with Gasteiger partial charge in [-0.05, 0) is 61.4 Å². The van der Waals surface area contributed by atoms with Crippen LogP contribution in [0.25, 0.3) is 11.1 Å². The number of alkyl halides is 4. The Balaban J connectivity index is 1.47. The molecule has 6 nitrogen and oxygen atoms in total. The largest absolute Gasteiger partial charge is 0.417 e. The molecule has 2 N–H and O–H groups in total. The van der Waals surface area contributed by atoms with E-state index in [1.54, 1.807) is 30.3 Å². The average molecular weight is 588 g/mol. The second-order valence-corrected chi connectivity index (χ2v) is 11.0. The first-order chi connectivity index (χ1) is 20.0. The van der Waals surface area contributed by atoms with Gasteiger partial charge in [0.05, 0.1) is 22.5 Å². The van der Waals surface area contributed by atoms with Gasteiger partial charge in [0.25, 0.3) is 5.91 Å². The first-order valence-electron chi connectivity index (χ1n) is 14.0. The van der Waals surface area contributed by atoms with Crippen molar-refractivity contribution in [1.82, 2.24) is 15.1 Å². The molecule has 2 aromatic carbocycles. The van der Waals surface area contributed by atoms with Gasteiger partial charge >= 0.3 is 6.18 Å². The van der Waals surface area contributed by atoms with Gasteiger partial charge < -0.3 is 20.4 Å². The van der Waals surface area contributed by atoms with Crippen molar-refractivity contribution in [3.63, 3.8) is 0 Å². The number of nitrogens with one attached hydrogen (secondary N) is 2. The summed E-state index contributed by atoms with van der Waals surface area (Å²) in [6.07, 6.45) is -2.83. The fourth-order valence-corrected chi connectivity index (χ4v) is 5.48. The number of allylic oxidation sites excluding steroid dienone is 1. The Labute approximate surface area is 242 Å². The van der Waals surface area contributed by atoms with Crippen molar-refractivity contribution in [2.45, 2.75) is 31.7 Å². The summed E-state index contributed by atoms with van der Waals surface area (Å²) in [7, 11) is 2.00. The number of piperazine rings is 1. The lowest BCUT2D eigenvalue weighted by Crippen LogP contribution is -2.44. The third-order valence-corrected chi connectivity index (χ3v) is 7.91. The monoisotopic (exact) mass is 587 g/mol. The number of rotatable bonds is 6. The maximum absolute atomic E-state index is 15.2. The highest BCUT2D eigenvalue weighted by Crippen LogP contribution is 2.37. The molecule has 0 unspecified atom stereocenters. The lowest BCUT2D eigenvalue weighted by molar-refractivity contribution is -0.115. The molecular formula is C31H34F5N5O. The molecule has 0 atom stereocenters. The molecule has 5 rings (SSSR count). The number of hydrogen-bond donors (Lipinski definition) is 2. The van der Waals surface area contributed by atoms with E-state index in [4.69, 9.17) is 0 Å². The van der Waals surface area contributed by atoms with Crippen LogP contribution < -0.4 is 15.5 Å². The van der Waals surface area contributed by atoms with E-state index in [1.807, 2.05) is 7.05 Å². The zero-order valence-electron chi connectivity index (χ0n) is 23.4. The summed E-state index contributed by atoms with van der Waals surface area (Å²) in [6, 6.07) is 9.94. The number of dihydropyridines is 1. The summed E-state index contributed by atoms with van der Waals surface area (Å²) in [5.74, 6) is -1.41. The Hall–Kier alpha value is -3.70. The predicted molar refractivity (Wildman–Crippen MR) is 154 cm³/mol. The Morgan fingerprint density at radius 3 is 2.45 bits per heavy atom. The van der Waals surface area contributed by atoms with Crippen molar-refractivity contribution >= 4 is 17.3 Å². The summed E-state index contributed by atoms with van der Waals surface area (Å²) < 4.78 is 70.1. The summed E-state index contributed by atoms with van der Waals surface area (Å²) in [5.41, 5.74) is 0.895. The maximum atomic E-state index is 15.2. The second-order valence-electron chi connectivity index (χ2n) is 11.0. The van der Waals surface area contributed by atoms with E-state index in [1.165, 1.54) is 6.07 Å². The fourth-order valence-electron chi connectivity index (χ4n) is 5.48. The van der Waals surface area contributed by atoms with Crippen LogP contribution in [-0.4, -0.2) is 74.4 Å². The summed E-state index contributed by atoms with van der Waals surface area (Å²) in [4.78, 5) is 19.6. The van der Waals surface area contributed by atoms with E-state index in [0.29, 0.717) is 62.4 Å². The minimum atomic E-state index is -4.76. The number of carbonyl (C=O) groups excluding carboxylic acids is 1. The number of halogens is 5. The van der Waals surface area contributed by atoms with Crippen LogP contribution in [0.5, 0.6) is 0 Å². The molecule has 3 aliphatic heterocycles. The molecule has 224 valence electrons. The van der Waals surface area contributed by atoms with Crippen LogP contribution in [-0.2, 0) is 11.3 Å². The van der Waals surface area contributed by atoms with E-state index in [9.17, 15) is 22.4 Å². The molecule has 0 aliphatic carbocycles. The summed E-state index contributed by atoms with van der Waals surface area (Å²) in [6.45, 7) is 8.13. The number of nitrogens with zero attached hydrogens (tertiary/aromatic N) is 3. The number of carbonyl (C=O) groups is 1. The molecule has 3 heterocycles. The Bertz CT molecular complexity index is 1400. The Morgan fingerprint density at radius 2 is 1.76 bits per heavy atom. The van der Waals surface area contributed by atoms with Crippen molar-refractivity contribution in [3.8, 4) is 11.1 Å². The quantitative estimate of drug-likeness (QED) is 0.431. The molecule has 3 aliphatic rings. The van der Waals surface area contributed by atoms with E-state index in [-0.39, 0.29) is 11.4 Å². The van der Waals surface area contributed by atoms with Crippen LogP contribution in [0.1, 0.15) is 18.4 Å². The first-order valence-corrected chi connectivity index (χ1v) is 14.0. The van der Waals surface area contributed by atoms with Gasteiger partial charge in [0.1, 0.15) is 12.0 Å². The van der Waals surface area contributed by atoms with Gasteiger partial charge in [-0.15, -0.1) is 0 Å². The topological polar surface area (TPSA) is 50.9 Å². The average Bonchev–Trinajstić information content (AvgIpc) is 2.95. The lowest BCUT2D eigenvalue weighted by atomic mass is 9.99. The van der Waals surface area contributed by atoms with E-state index in [0.717, 1.165) is 30.9 Å². The lowest BCUT2D eigenvalue weighted by Gasteiger charge is -2.35. The molecule has 1 amide bonds. The number of piperidine rings is 1. The Morgan fingerprint density at radius 1 is 1.05 bits per heavy atom. The molecule has 0 saturated carbocycles. The maximum Gasteiger partial charge on any atom is 0.417 e. The van der Waals surface area contributed by atoms with E-state index < -0.39 is 35.2 Å². The molecule has 42 heavy (non-hydrogen) atoms. The smallest absolute Gasteiger partial charge is 0.367 e. The third-order valence-electron chi connectivity index (χ3n) is 7.91. The van der Waals surface area contributed by atoms with Crippen LogP contribution in [0.15, 0.2) is 72.1 Å². The number of likely N-dealkylation sites (tertiary alicyclic amines) is 1. The summed E-state index contributed by atoms with van der Waals surface area (Å²) in [5, 5.41) is 5.27. The molecule has 0 bridgehead atoms. The third kappa shape index (κ3) is 6.84. The number of likely N-dealkylation sites (N-methyl/N-ethyl adjacent to an activating group) is 1. The zero-order valence-corrected chi connectivity index (χ0v) is 23.4. The van der Waals surface area contributed by atoms with Crippen molar-refractivity contribution in [1.29, 1.82) is 0 Å². The van der Waals surface area contributed by atoms with Gasteiger partial charge in [0, 0.05) is 63.3 Å². The van der Waals surface area contributed by atoms with Gasteiger partial charge in [-0.25, -0.2) is 8.78 Å². The normalized spacial score (nSPS) is 19.3. The van der Waals surface area contributed by atoms with Crippen molar-refractivity contribution < 1.29 is 26.7 Å². The van der Waals surface area contributed by atoms with Gasteiger partial charge in [-0.2, -0.15) is 13.2 Å². The second kappa shape index (κ2) is 12.3. The number of anilines is 2. The van der Waals surface area contributed by atoms with Crippen molar-refractivity contribution in [2.24, 2.45) is 0 Å². The number of hydrogen-bond acceptors (Lipinski definition) is 5. The molecule has 0 radical (unpaired) electrons. The van der Waals surface area contributed by atoms with E-state index in [2.05, 4.69) is 31.9 Å². The van der Waals surface area contributed by atoms with Crippen LogP contribution in [0.2, 0.25) is 0 Å². The van der Waals surface area contributed by atoms with Crippen LogP contribution >= 0.6 is 0 Å². The zero-order chi connectivity index (χ0) is 30.0. The van der Waals surface area contributed by atoms with Gasteiger partial charge in [0.2, 0.25) is 0 Å². The molecule has 2 fully saturated rings. The highest BCUT2D eigenvalue weighted by atomic mass is 19.4. The highest BCUT2D eigenvalue weighted by molar-refractivity contribution is 6.09. The molecular weight excluding hydrogens is 553 g/mol. The molecule has 2 aromatic rings. The van der Waals surface area contributed by atoms with Crippen LogP contribution in [0, 0.1) is 5.82 Å².